The number of ether oxygens (including phenoxy) is 1. The van der Waals surface area contributed by atoms with Gasteiger partial charge in [0, 0.05) is 26.7 Å². The Balaban J connectivity index is 2.70. The van der Waals surface area contributed by atoms with Gasteiger partial charge in [-0.05, 0) is 6.42 Å². The van der Waals surface area contributed by atoms with Crippen LogP contribution in [0.3, 0.4) is 0 Å². The number of nitrogens with zero attached hydrogens (tertiary/aromatic N) is 4. The highest BCUT2D eigenvalue weighted by Gasteiger charge is 2.17. The molecule has 0 aromatic carbocycles. The van der Waals surface area contributed by atoms with Crippen molar-refractivity contribution in [2.75, 3.05) is 13.7 Å². The van der Waals surface area contributed by atoms with Gasteiger partial charge in [-0.2, -0.15) is 0 Å². The summed E-state index contributed by atoms with van der Waals surface area (Å²) in [7, 11) is 3.29. The minimum Gasteiger partial charge on any atom is -0.383 e. The lowest BCUT2D eigenvalue weighted by Gasteiger charge is -2.14. The van der Waals surface area contributed by atoms with E-state index in [1.54, 1.807) is 18.7 Å². The van der Waals surface area contributed by atoms with Gasteiger partial charge in [0.05, 0.1) is 19.5 Å². The van der Waals surface area contributed by atoms with Gasteiger partial charge in [0.2, 0.25) is 0 Å². The molecule has 0 aliphatic rings. The lowest BCUT2D eigenvalue weighted by atomic mass is 10.2. The van der Waals surface area contributed by atoms with Crippen LogP contribution < -0.4 is 17.0 Å². The van der Waals surface area contributed by atoms with Crippen LogP contribution in [0.4, 0.5) is 0 Å². The van der Waals surface area contributed by atoms with Gasteiger partial charge >= 0.3 is 5.69 Å². The molecule has 8 heteroatoms. The van der Waals surface area contributed by atoms with Gasteiger partial charge in [0.15, 0.2) is 11.2 Å². The molecule has 0 saturated heterocycles. The van der Waals surface area contributed by atoms with Crippen LogP contribution in [0.2, 0.25) is 0 Å². The van der Waals surface area contributed by atoms with Crippen molar-refractivity contribution in [1.29, 1.82) is 0 Å². The molecule has 2 heterocycles. The third-order valence-corrected chi connectivity index (χ3v) is 3.54. The normalized spacial score (nSPS) is 13.0. The number of aryl methyl sites for hydroxylation is 1. The Labute approximate surface area is 121 Å². The van der Waals surface area contributed by atoms with Crippen molar-refractivity contribution in [3.05, 3.63) is 27.2 Å². The van der Waals surface area contributed by atoms with Crippen molar-refractivity contribution in [2.24, 2.45) is 12.8 Å². The summed E-state index contributed by atoms with van der Waals surface area (Å²) in [6.07, 6.45) is 2.21. The third-order valence-electron chi connectivity index (χ3n) is 3.54. The molecule has 0 aliphatic carbocycles. The highest BCUT2D eigenvalue weighted by molar-refractivity contribution is 5.69. The van der Waals surface area contributed by atoms with E-state index < -0.39 is 5.69 Å². The number of rotatable bonds is 6. The van der Waals surface area contributed by atoms with Gasteiger partial charge < -0.3 is 15.0 Å². The minimum atomic E-state index is -0.396. The maximum Gasteiger partial charge on any atom is 0.332 e. The fourth-order valence-corrected chi connectivity index (χ4v) is 2.22. The number of nitrogens with two attached hydrogens (primary N) is 1. The largest absolute Gasteiger partial charge is 0.383 e. The zero-order valence-electron chi connectivity index (χ0n) is 12.6. The van der Waals surface area contributed by atoms with E-state index in [0.717, 1.165) is 0 Å². The first-order chi connectivity index (χ1) is 10.0. The van der Waals surface area contributed by atoms with Gasteiger partial charge in [0.25, 0.3) is 5.56 Å². The second-order valence-corrected chi connectivity index (χ2v) is 5.04. The quantitative estimate of drug-likeness (QED) is 0.758. The second kappa shape index (κ2) is 6.23. The van der Waals surface area contributed by atoms with E-state index in [-0.39, 0.29) is 18.1 Å². The average Bonchev–Trinajstić information content (AvgIpc) is 2.85. The monoisotopic (exact) mass is 295 g/mol. The second-order valence-electron chi connectivity index (χ2n) is 5.04. The first-order valence-electron chi connectivity index (χ1n) is 6.90. The molecular formula is C13H21N5O3. The number of aromatic nitrogens is 4. The Hall–Kier alpha value is -1.93. The van der Waals surface area contributed by atoms with Gasteiger partial charge in [-0.15, -0.1) is 0 Å². The summed E-state index contributed by atoms with van der Waals surface area (Å²) in [6, 6.07) is -0.239. The lowest BCUT2D eigenvalue weighted by Crippen LogP contribution is -2.44. The molecule has 1 unspecified atom stereocenters. The highest BCUT2D eigenvalue weighted by atomic mass is 16.5. The predicted octanol–water partition coefficient (Wildman–Crippen LogP) is -0.720. The molecule has 2 N–H and O–H groups in total. The summed E-state index contributed by atoms with van der Waals surface area (Å²) in [5.41, 5.74) is 5.92. The smallest absolute Gasteiger partial charge is 0.332 e. The van der Waals surface area contributed by atoms with E-state index in [2.05, 4.69) is 4.98 Å². The van der Waals surface area contributed by atoms with E-state index >= 15 is 0 Å². The Morgan fingerprint density at radius 3 is 2.71 bits per heavy atom. The molecule has 0 amide bonds. The summed E-state index contributed by atoms with van der Waals surface area (Å²) in [6.45, 7) is 2.82. The molecule has 2 rings (SSSR count). The van der Waals surface area contributed by atoms with Crippen LogP contribution in [0, 0.1) is 0 Å². The summed E-state index contributed by atoms with van der Waals surface area (Å²) < 4.78 is 9.29. The summed E-state index contributed by atoms with van der Waals surface area (Å²) in [5.74, 6) is 0. The Morgan fingerprint density at radius 1 is 1.38 bits per heavy atom. The van der Waals surface area contributed by atoms with Crippen LogP contribution in [0.25, 0.3) is 11.2 Å². The van der Waals surface area contributed by atoms with Crippen molar-refractivity contribution < 1.29 is 4.74 Å². The molecule has 0 radical (unpaired) electrons. The van der Waals surface area contributed by atoms with Crippen LogP contribution in [-0.4, -0.2) is 38.4 Å². The fraction of sp³-hybridized carbons (Fsp3) is 0.615. The van der Waals surface area contributed by atoms with E-state index in [4.69, 9.17) is 10.5 Å². The molecule has 2 aromatic rings. The van der Waals surface area contributed by atoms with Crippen molar-refractivity contribution in [1.82, 2.24) is 18.7 Å². The molecule has 116 valence electrons. The standard InChI is InChI=1S/C13H21N5O3/c1-4-9(14)7-18-12(19)10-11(15-8-16(10)2)17(13(18)20)5-6-21-3/h8-9H,4-7,14H2,1-3H3. The predicted molar refractivity (Wildman–Crippen MR) is 79.4 cm³/mol. The number of methoxy groups -OCH3 is 1. The third kappa shape index (κ3) is 2.77. The van der Waals surface area contributed by atoms with Crippen LogP contribution >= 0.6 is 0 Å². The lowest BCUT2D eigenvalue weighted by molar-refractivity contribution is 0.186. The first kappa shape index (κ1) is 15.5. The van der Waals surface area contributed by atoms with Crippen molar-refractivity contribution in [2.45, 2.75) is 32.5 Å². The summed E-state index contributed by atoms with van der Waals surface area (Å²) >= 11 is 0. The minimum absolute atomic E-state index is 0.197. The molecule has 21 heavy (non-hydrogen) atoms. The van der Waals surface area contributed by atoms with Crippen molar-refractivity contribution >= 4 is 11.2 Å². The van der Waals surface area contributed by atoms with E-state index in [9.17, 15) is 9.59 Å². The molecule has 0 aliphatic heterocycles. The zero-order valence-corrected chi connectivity index (χ0v) is 12.6. The number of hydrogen-bond acceptors (Lipinski definition) is 5. The van der Waals surface area contributed by atoms with Gasteiger partial charge in [-0.25, -0.2) is 9.78 Å². The van der Waals surface area contributed by atoms with Gasteiger partial charge in [-0.3, -0.25) is 13.9 Å². The number of fused-ring (bicyclic) bond motifs is 1. The van der Waals surface area contributed by atoms with Gasteiger partial charge in [-0.1, -0.05) is 6.92 Å². The van der Waals surface area contributed by atoms with Crippen LogP contribution in [0.15, 0.2) is 15.9 Å². The molecule has 1 atom stereocenters. The van der Waals surface area contributed by atoms with E-state index in [1.165, 1.54) is 15.5 Å². The number of imidazole rings is 1. The van der Waals surface area contributed by atoms with Crippen molar-refractivity contribution in [3.63, 3.8) is 0 Å². The Morgan fingerprint density at radius 2 is 2.10 bits per heavy atom. The van der Waals surface area contributed by atoms with E-state index in [1.807, 2.05) is 6.92 Å². The van der Waals surface area contributed by atoms with Gasteiger partial charge in [0.1, 0.15) is 0 Å². The van der Waals surface area contributed by atoms with Crippen LogP contribution in [0.5, 0.6) is 0 Å². The molecule has 0 bridgehead atoms. The topological polar surface area (TPSA) is 97.1 Å². The fourth-order valence-electron chi connectivity index (χ4n) is 2.22. The molecule has 0 saturated carbocycles. The number of hydrogen-bond donors (Lipinski definition) is 1. The molecular weight excluding hydrogens is 274 g/mol. The summed E-state index contributed by atoms with van der Waals surface area (Å²) in [4.78, 5) is 29.2. The highest BCUT2D eigenvalue weighted by Crippen LogP contribution is 2.05. The molecule has 2 aromatic heterocycles. The van der Waals surface area contributed by atoms with Crippen molar-refractivity contribution in [3.8, 4) is 0 Å². The Kier molecular flexibility index (Phi) is 4.59. The zero-order chi connectivity index (χ0) is 15.6. The average molecular weight is 295 g/mol. The SMILES string of the molecule is CCC(N)Cn1c(=O)c2c(ncn2C)n(CCOC)c1=O. The van der Waals surface area contributed by atoms with E-state index in [0.29, 0.717) is 30.7 Å². The maximum atomic E-state index is 12.5. The molecule has 0 fully saturated rings. The molecule has 8 nitrogen and oxygen atoms in total. The maximum absolute atomic E-state index is 12.5. The Bertz CT molecular complexity index is 743. The first-order valence-corrected chi connectivity index (χ1v) is 6.90. The van der Waals surface area contributed by atoms with Crippen LogP contribution in [-0.2, 0) is 24.9 Å². The molecule has 0 spiro atoms. The van der Waals surface area contributed by atoms with Crippen LogP contribution in [0.1, 0.15) is 13.3 Å². The summed E-state index contributed by atoms with van der Waals surface area (Å²) in [5, 5.41) is 0.